The summed E-state index contributed by atoms with van der Waals surface area (Å²) in [7, 11) is 0. The van der Waals surface area contributed by atoms with E-state index >= 15 is 0 Å². The van der Waals surface area contributed by atoms with Gasteiger partial charge >= 0.3 is 0 Å². The normalized spacial score (nSPS) is 21.3. The number of hydrogen-bond acceptors (Lipinski definition) is 2. The maximum absolute atomic E-state index is 5.12. The van der Waals surface area contributed by atoms with Crippen LogP contribution in [0.15, 0.2) is 24.8 Å². The first-order valence-corrected chi connectivity index (χ1v) is 2.94. The quantitative estimate of drug-likeness (QED) is 0.490. The Morgan fingerprint density at radius 3 is 2.33 bits per heavy atom. The van der Waals surface area contributed by atoms with E-state index in [0.29, 0.717) is 13.2 Å². The lowest BCUT2D eigenvalue weighted by Gasteiger charge is -2.08. The molecular weight excluding hydrogens is 116 g/mol. The van der Waals surface area contributed by atoms with Crippen molar-refractivity contribution < 1.29 is 9.47 Å². The van der Waals surface area contributed by atoms with E-state index in [1.807, 2.05) is 12.2 Å². The van der Waals surface area contributed by atoms with Crippen molar-refractivity contribution in [2.45, 2.75) is 6.29 Å². The van der Waals surface area contributed by atoms with Crippen LogP contribution in [-0.4, -0.2) is 19.5 Å². The molecule has 1 rings (SSSR count). The van der Waals surface area contributed by atoms with Crippen LogP contribution >= 0.6 is 0 Å². The Bertz CT molecular complexity index is 108. The molecule has 1 aliphatic rings. The summed E-state index contributed by atoms with van der Waals surface area (Å²) in [5, 5.41) is 0. The highest BCUT2D eigenvalue weighted by Crippen LogP contribution is 1.99. The minimum Gasteiger partial charge on any atom is -0.345 e. The van der Waals surface area contributed by atoms with Gasteiger partial charge in [0.15, 0.2) is 6.29 Å². The van der Waals surface area contributed by atoms with Crippen LogP contribution in [0.2, 0.25) is 0 Å². The second-order valence-corrected chi connectivity index (χ2v) is 1.74. The summed E-state index contributed by atoms with van der Waals surface area (Å²) in [6.07, 6.45) is 5.29. The summed E-state index contributed by atoms with van der Waals surface area (Å²) in [6, 6.07) is 0. The number of hydrogen-bond donors (Lipinski definition) is 0. The lowest BCUT2D eigenvalue weighted by atomic mass is 10.5. The van der Waals surface area contributed by atoms with E-state index in [1.165, 1.54) is 0 Å². The van der Waals surface area contributed by atoms with Crippen molar-refractivity contribution in [3.05, 3.63) is 24.8 Å². The molecule has 0 N–H and O–H groups in total. The zero-order chi connectivity index (χ0) is 6.53. The third-order valence-corrected chi connectivity index (χ3v) is 1.07. The topological polar surface area (TPSA) is 18.5 Å². The minimum absolute atomic E-state index is 0.222. The standard InChI is InChI=1S/C7H10O2/c1-2-7-8-5-3-4-6-9-7/h2-4,7H,1,5-6H2. The SMILES string of the molecule is C=CC1OCC=CCO1. The van der Waals surface area contributed by atoms with E-state index in [4.69, 9.17) is 9.47 Å². The van der Waals surface area contributed by atoms with Gasteiger partial charge in [-0.1, -0.05) is 18.7 Å². The molecule has 0 aromatic carbocycles. The Morgan fingerprint density at radius 1 is 1.33 bits per heavy atom. The van der Waals surface area contributed by atoms with Crippen LogP contribution in [-0.2, 0) is 9.47 Å². The highest BCUT2D eigenvalue weighted by atomic mass is 16.7. The molecule has 0 aliphatic carbocycles. The highest BCUT2D eigenvalue weighted by Gasteiger charge is 2.02. The van der Waals surface area contributed by atoms with Crippen molar-refractivity contribution in [2.75, 3.05) is 13.2 Å². The largest absolute Gasteiger partial charge is 0.345 e. The maximum atomic E-state index is 5.12. The zero-order valence-electron chi connectivity index (χ0n) is 5.25. The van der Waals surface area contributed by atoms with Gasteiger partial charge < -0.3 is 9.47 Å². The van der Waals surface area contributed by atoms with Gasteiger partial charge in [-0.2, -0.15) is 0 Å². The molecule has 0 saturated heterocycles. The van der Waals surface area contributed by atoms with E-state index in [9.17, 15) is 0 Å². The summed E-state index contributed by atoms with van der Waals surface area (Å²) in [4.78, 5) is 0. The van der Waals surface area contributed by atoms with Gasteiger partial charge in [0.05, 0.1) is 13.2 Å². The van der Waals surface area contributed by atoms with Gasteiger partial charge in [-0.15, -0.1) is 0 Å². The molecule has 2 heteroatoms. The summed E-state index contributed by atoms with van der Waals surface area (Å²) < 4.78 is 10.2. The average Bonchev–Trinajstić information content (AvgIpc) is 2.13. The molecule has 0 aromatic heterocycles. The first-order valence-electron chi connectivity index (χ1n) is 2.94. The van der Waals surface area contributed by atoms with Crippen molar-refractivity contribution in [1.82, 2.24) is 0 Å². The van der Waals surface area contributed by atoms with Gasteiger partial charge in [0, 0.05) is 0 Å². The fourth-order valence-electron chi connectivity index (χ4n) is 0.621. The Balaban J connectivity index is 2.34. The molecule has 9 heavy (non-hydrogen) atoms. The van der Waals surface area contributed by atoms with Crippen molar-refractivity contribution in [3.8, 4) is 0 Å². The molecule has 50 valence electrons. The highest BCUT2D eigenvalue weighted by molar-refractivity contribution is 4.86. The summed E-state index contributed by atoms with van der Waals surface area (Å²) in [5.41, 5.74) is 0. The fourth-order valence-corrected chi connectivity index (χ4v) is 0.621. The molecule has 0 radical (unpaired) electrons. The van der Waals surface area contributed by atoms with Crippen molar-refractivity contribution in [3.63, 3.8) is 0 Å². The third kappa shape index (κ3) is 2.00. The second-order valence-electron chi connectivity index (χ2n) is 1.74. The Labute approximate surface area is 54.8 Å². The smallest absolute Gasteiger partial charge is 0.177 e. The molecule has 0 saturated carbocycles. The van der Waals surface area contributed by atoms with Gasteiger partial charge in [0.25, 0.3) is 0 Å². The number of rotatable bonds is 1. The van der Waals surface area contributed by atoms with E-state index in [1.54, 1.807) is 6.08 Å². The second kappa shape index (κ2) is 3.43. The number of ether oxygens (including phenoxy) is 2. The van der Waals surface area contributed by atoms with E-state index < -0.39 is 0 Å². The summed E-state index contributed by atoms with van der Waals surface area (Å²) in [5.74, 6) is 0. The molecule has 2 nitrogen and oxygen atoms in total. The van der Waals surface area contributed by atoms with Gasteiger partial charge in [-0.05, 0) is 6.08 Å². The molecule has 0 unspecified atom stereocenters. The van der Waals surface area contributed by atoms with Crippen LogP contribution in [0.3, 0.4) is 0 Å². The van der Waals surface area contributed by atoms with Crippen LogP contribution < -0.4 is 0 Å². The van der Waals surface area contributed by atoms with Crippen LogP contribution in [0.1, 0.15) is 0 Å². The first-order chi connectivity index (χ1) is 4.43. The molecular formula is C7H10O2. The molecule has 1 aliphatic heterocycles. The van der Waals surface area contributed by atoms with Crippen LogP contribution in [0.25, 0.3) is 0 Å². The van der Waals surface area contributed by atoms with Gasteiger partial charge in [0.1, 0.15) is 0 Å². The Morgan fingerprint density at radius 2 is 1.89 bits per heavy atom. The van der Waals surface area contributed by atoms with E-state index in [-0.39, 0.29) is 6.29 Å². The summed E-state index contributed by atoms with van der Waals surface area (Å²) in [6.45, 7) is 4.79. The van der Waals surface area contributed by atoms with Crippen LogP contribution in [0.5, 0.6) is 0 Å². The Kier molecular flexibility index (Phi) is 2.48. The zero-order valence-corrected chi connectivity index (χ0v) is 5.25. The summed E-state index contributed by atoms with van der Waals surface area (Å²) >= 11 is 0. The average molecular weight is 126 g/mol. The molecule has 0 bridgehead atoms. The molecule has 0 fully saturated rings. The molecule has 0 atom stereocenters. The lowest BCUT2D eigenvalue weighted by Crippen LogP contribution is -2.11. The monoisotopic (exact) mass is 126 g/mol. The maximum Gasteiger partial charge on any atom is 0.177 e. The van der Waals surface area contributed by atoms with Gasteiger partial charge in [0.2, 0.25) is 0 Å². The van der Waals surface area contributed by atoms with Crippen LogP contribution in [0.4, 0.5) is 0 Å². The van der Waals surface area contributed by atoms with Gasteiger partial charge in [-0.25, -0.2) is 0 Å². The molecule has 0 spiro atoms. The van der Waals surface area contributed by atoms with Crippen molar-refractivity contribution in [1.29, 1.82) is 0 Å². The van der Waals surface area contributed by atoms with E-state index in [2.05, 4.69) is 6.58 Å². The molecule has 0 amide bonds. The predicted molar refractivity (Wildman–Crippen MR) is 35.0 cm³/mol. The molecule has 0 aromatic rings. The minimum atomic E-state index is -0.222. The first kappa shape index (κ1) is 6.52. The fraction of sp³-hybridized carbons (Fsp3) is 0.429. The predicted octanol–water partition coefficient (Wildman–Crippen LogP) is 1.10. The Hall–Kier alpha value is -0.600. The lowest BCUT2D eigenvalue weighted by molar-refractivity contribution is -0.0876. The van der Waals surface area contributed by atoms with Crippen molar-refractivity contribution >= 4 is 0 Å². The van der Waals surface area contributed by atoms with Crippen molar-refractivity contribution in [2.24, 2.45) is 0 Å². The van der Waals surface area contributed by atoms with Gasteiger partial charge in [-0.3, -0.25) is 0 Å². The molecule has 1 heterocycles. The van der Waals surface area contributed by atoms with Crippen LogP contribution in [0, 0.1) is 0 Å². The third-order valence-electron chi connectivity index (χ3n) is 1.07. The van der Waals surface area contributed by atoms with E-state index in [0.717, 1.165) is 0 Å².